The fourth-order valence-electron chi connectivity index (χ4n) is 2.21. The predicted molar refractivity (Wildman–Crippen MR) is 81.5 cm³/mol. The van der Waals surface area contributed by atoms with Gasteiger partial charge in [-0.2, -0.15) is 5.26 Å². The maximum absolute atomic E-state index is 12.0. The molecule has 1 heterocycles. The van der Waals surface area contributed by atoms with Crippen LogP contribution in [0.5, 0.6) is 0 Å². The molecule has 0 spiro atoms. The molecule has 114 valence electrons. The summed E-state index contributed by atoms with van der Waals surface area (Å²) in [5, 5.41) is 8.44. The number of ether oxygens (including phenoxy) is 1. The molecule has 0 bridgehead atoms. The van der Waals surface area contributed by atoms with E-state index in [0.717, 1.165) is 0 Å². The second-order valence-electron chi connectivity index (χ2n) is 4.85. The molecule has 6 heteroatoms. The summed E-state index contributed by atoms with van der Waals surface area (Å²) in [7, 11) is 0. The van der Waals surface area contributed by atoms with Crippen molar-refractivity contribution < 1.29 is 9.53 Å². The third kappa shape index (κ3) is 3.14. The van der Waals surface area contributed by atoms with Crippen LogP contribution in [0.4, 0.5) is 0 Å². The third-order valence-electron chi connectivity index (χ3n) is 3.33. The van der Waals surface area contributed by atoms with E-state index in [1.165, 1.54) is 0 Å². The first-order valence-electron chi connectivity index (χ1n) is 7.13. The standard InChI is InChI=1S/C16H17N3O3/c1-3-19-14-7-6-12(16(21)22-9-5-4-8-17)10-13(14)18-11(2)15(19)20/h6-7,10H,3-5,9H2,1-2H3. The first-order valence-corrected chi connectivity index (χ1v) is 7.13. The van der Waals surface area contributed by atoms with Gasteiger partial charge in [0, 0.05) is 13.0 Å². The summed E-state index contributed by atoms with van der Waals surface area (Å²) < 4.78 is 6.73. The van der Waals surface area contributed by atoms with Gasteiger partial charge in [-0.25, -0.2) is 9.78 Å². The zero-order valence-electron chi connectivity index (χ0n) is 12.6. The number of carbonyl (C=O) groups is 1. The van der Waals surface area contributed by atoms with Gasteiger partial charge in [0.05, 0.1) is 29.3 Å². The van der Waals surface area contributed by atoms with Gasteiger partial charge in [0.2, 0.25) is 0 Å². The molecule has 0 saturated carbocycles. The summed E-state index contributed by atoms with van der Waals surface area (Å²) in [5.41, 5.74) is 1.94. The van der Waals surface area contributed by atoms with Crippen molar-refractivity contribution in [3.05, 3.63) is 39.8 Å². The molecule has 1 aromatic heterocycles. The number of benzene rings is 1. The highest BCUT2D eigenvalue weighted by molar-refractivity contribution is 5.93. The molecular formula is C16H17N3O3. The molecule has 6 nitrogen and oxygen atoms in total. The normalized spacial score (nSPS) is 10.4. The average Bonchev–Trinajstić information content (AvgIpc) is 2.52. The SMILES string of the molecule is CCn1c(=O)c(C)nc2cc(C(=O)OCCCC#N)ccc21. The zero-order valence-corrected chi connectivity index (χ0v) is 12.6. The van der Waals surface area contributed by atoms with E-state index < -0.39 is 5.97 Å². The number of carbonyl (C=O) groups excluding carboxylic acids is 1. The summed E-state index contributed by atoms with van der Waals surface area (Å²) >= 11 is 0. The Morgan fingerprint density at radius 1 is 1.45 bits per heavy atom. The highest BCUT2D eigenvalue weighted by Gasteiger charge is 2.12. The van der Waals surface area contributed by atoms with Crippen molar-refractivity contribution in [2.24, 2.45) is 0 Å². The number of aryl methyl sites for hydroxylation is 2. The van der Waals surface area contributed by atoms with Gasteiger partial charge >= 0.3 is 5.97 Å². The van der Waals surface area contributed by atoms with Crippen molar-refractivity contribution >= 4 is 17.0 Å². The van der Waals surface area contributed by atoms with Gasteiger partial charge in [0.1, 0.15) is 5.69 Å². The molecule has 0 unspecified atom stereocenters. The minimum atomic E-state index is -0.450. The predicted octanol–water partition coefficient (Wildman–Crippen LogP) is 2.19. The number of hydrogen-bond acceptors (Lipinski definition) is 5. The minimum absolute atomic E-state index is 0.123. The Hall–Kier alpha value is -2.68. The van der Waals surface area contributed by atoms with Gasteiger partial charge in [0.25, 0.3) is 5.56 Å². The number of unbranched alkanes of at least 4 members (excludes halogenated alkanes) is 1. The lowest BCUT2D eigenvalue weighted by atomic mass is 10.2. The second-order valence-corrected chi connectivity index (χ2v) is 4.85. The Labute approximate surface area is 128 Å². The van der Waals surface area contributed by atoms with E-state index >= 15 is 0 Å². The van der Waals surface area contributed by atoms with Crippen LogP contribution in [-0.4, -0.2) is 22.1 Å². The van der Waals surface area contributed by atoms with Gasteiger partial charge < -0.3 is 9.30 Å². The lowest BCUT2D eigenvalue weighted by Gasteiger charge is -2.10. The molecule has 0 aliphatic heterocycles. The number of nitriles is 1. The van der Waals surface area contributed by atoms with Gasteiger partial charge in [-0.05, 0) is 38.5 Å². The van der Waals surface area contributed by atoms with Crippen LogP contribution in [0.1, 0.15) is 35.8 Å². The van der Waals surface area contributed by atoms with Crippen LogP contribution in [0.15, 0.2) is 23.0 Å². The maximum Gasteiger partial charge on any atom is 0.338 e. The highest BCUT2D eigenvalue weighted by Crippen LogP contribution is 2.14. The molecule has 0 aliphatic rings. The molecule has 0 aliphatic carbocycles. The summed E-state index contributed by atoms with van der Waals surface area (Å²) in [6.07, 6.45) is 0.872. The van der Waals surface area contributed by atoms with E-state index in [-0.39, 0.29) is 12.2 Å². The number of hydrogen-bond donors (Lipinski definition) is 0. The van der Waals surface area contributed by atoms with E-state index in [2.05, 4.69) is 4.98 Å². The molecular weight excluding hydrogens is 282 g/mol. The Morgan fingerprint density at radius 3 is 2.91 bits per heavy atom. The van der Waals surface area contributed by atoms with Crippen molar-refractivity contribution in [3.63, 3.8) is 0 Å². The molecule has 0 N–H and O–H groups in total. The summed E-state index contributed by atoms with van der Waals surface area (Å²) in [6.45, 7) is 4.29. The van der Waals surface area contributed by atoms with Gasteiger partial charge in [-0.3, -0.25) is 4.79 Å². The van der Waals surface area contributed by atoms with Crippen molar-refractivity contribution in [2.75, 3.05) is 6.61 Å². The molecule has 0 atom stereocenters. The summed E-state index contributed by atoms with van der Waals surface area (Å²) in [4.78, 5) is 28.2. The van der Waals surface area contributed by atoms with Crippen molar-refractivity contribution in [2.45, 2.75) is 33.2 Å². The smallest absolute Gasteiger partial charge is 0.338 e. The van der Waals surface area contributed by atoms with Gasteiger partial charge in [0.15, 0.2) is 0 Å². The van der Waals surface area contributed by atoms with Crippen LogP contribution in [0.3, 0.4) is 0 Å². The lowest BCUT2D eigenvalue weighted by Crippen LogP contribution is -2.23. The van der Waals surface area contributed by atoms with E-state index in [1.807, 2.05) is 13.0 Å². The topological polar surface area (TPSA) is 85.0 Å². The number of fused-ring (bicyclic) bond motifs is 1. The molecule has 0 radical (unpaired) electrons. The van der Waals surface area contributed by atoms with Crippen molar-refractivity contribution in [1.82, 2.24) is 9.55 Å². The lowest BCUT2D eigenvalue weighted by molar-refractivity contribution is 0.0502. The monoisotopic (exact) mass is 299 g/mol. The largest absolute Gasteiger partial charge is 0.462 e. The first-order chi connectivity index (χ1) is 10.6. The van der Waals surface area contributed by atoms with Crippen LogP contribution < -0.4 is 5.56 Å². The quantitative estimate of drug-likeness (QED) is 0.624. The summed E-state index contributed by atoms with van der Waals surface area (Å²) in [5.74, 6) is -0.450. The van der Waals surface area contributed by atoms with Crippen molar-refractivity contribution in [1.29, 1.82) is 5.26 Å². The molecule has 0 fully saturated rings. The molecule has 0 saturated heterocycles. The highest BCUT2D eigenvalue weighted by atomic mass is 16.5. The molecule has 2 rings (SSSR count). The Morgan fingerprint density at radius 2 is 2.23 bits per heavy atom. The van der Waals surface area contributed by atoms with Crippen LogP contribution in [0.25, 0.3) is 11.0 Å². The molecule has 0 amide bonds. The summed E-state index contributed by atoms with van der Waals surface area (Å²) in [6, 6.07) is 6.95. The number of aromatic nitrogens is 2. The molecule has 2 aromatic rings. The number of esters is 1. The molecule has 1 aromatic carbocycles. The maximum atomic E-state index is 12.0. The number of rotatable bonds is 5. The Balaban J connectivity index is 2.31. The minimum Gasteiger partial charge on any atom is -0.462 e. The Kier molecular flexibility index (Phi) is 4.89. The fraction of sp³-hybridized carbons (Fsp3) is 0.375. The number of nitrogens with zero attached hydrogens (tertiary/aromatic N) is 3. The molecule has 22 heavy (non-hydrogen) atoms. The van der Waals surface area contributed by atoms with Crippen molar-refractivity contribution in [3.8, 4) is 6.07 Å². The van der Waals surface area contributed by atoms with E-state index in [9.17, 15) is 9.59 Å². The first kappa shape index (κ1) is 15.7. The Bertz CT molecular complexity index is 803. The third-order valence-corrected chi connectivity index (χ3v) is 3.33. The van der Waals surface area contributed by atoms with Crippen LogP contribution in [0.2, 0.25) is 0 Å². The second kappa shape index (κ2) is 6.85. The fourth-order valence-corrected chi connectivity index (χ4v) is 2.21. The van der Waals surface area contributed by atoms with E-state index in [1.54, 1.807) is 29.7 Å². The van der Waals surface area contributed by atoms with Crippen LogP contribution >= 0.6 is 0 Å². The van der Waals surface area contributed by atoms with Gasteiger partial charge in [-0.15, -0.1) is 0 Å². The zero-order chi connectivity index (χ0) is 16.1. The average molecular weight is 299 g/mol. The van der Waals surface area contributed by atoms with E-state index in [4.69, 9.17) is 10.00 Å². The van der Waals surface area contributed by atoms with Crippen LogP contribution in [0, 0.1) is 18.3 Å². The van der Waals surface area contributed by atoms with E-state index in [0.29, 0.717) is 41.7 Å². The van der Waals surface area contributed by atoms with Crippen LogP contribution in [-0.2, 0) is 11.3 Å². The van der Waals surface area contributed by atoms with Gasteiger partial charge in [-0.1, -0.05) is 0 Å².